The second kappa shape index (κ2) is 6.99. The van der Waals surface area contributed by atoms with E-state index >= 15 is 0 Å². The van der Waals surface area contributed by atoms with Crippen LogP contribution in [0.15, 0.2) is 42.7 Å². The molecule has 108 valence electrons. The number of hydrogen-bond acceptors (Lipinski definition) is 4. The molecule has 7 heteroatoms. The fourth-order valence-electron chi connectivity index (χ4n) is 1.55. The number of nitrogens with zero attached hydrogens (tertiary/aromatic N) is 2. The summed E-state index contributed by atoms with van der Waals surface area (Å²) in [4.78, 5) is 27.3. The molecular formula is C14H15N5O2. The number of carbonyl (C=O) groups excluding carboxylic acids is 2. The van der Waals surface area contributed by atoms with E-state index in [0.717, 1.165) is 5.56 Å². The normalized spacial score (nSPS) is 12.0. The fraction of sp³-hybridized carbons (Fsp3) is 0.143. The zero-order chi connectivity index (χ0) is 15.1. The first-order chi connectivity index (χ1) is 10.1. The highest BCUT2D eigenvalue weighted by Crippen LogP contribution is 2.01. The second-order valence-electron chi connectivity index (χ2n) is 4.30. The van der Waals surface area contributed by atoms with Crippen molar-refractivity contribution in [3.8, 4) is 0 Å². The lowest BCUT2D eigenvalue weighted by atomic mass is 10.2. The van der Waals surface area contributed by atoms with E-state index in [4.69, 9.17) is 0 Å². The minimum Gasteiger partial charge on any atom is -0.341 e. The number of amides is 2. The molecule has 0 aliphatic heterocycles. The Labute approximate surface area is 121 Å². The summed E-state index contributed by atoms with van der Waals surface area (Å²) in [7, 11) is 0. The third-order valence-corrected chi connectivity index (χ3v) is 2.64. The van der Waals surface area contributed by atoms with Crippen molar-refractivity contribution < 1.29 is 9.59 Å². The Hall–Kier alpha value is -2.96. The van der Waals surface area contributed by atoms with Crippen molar-refractivity contribution in [3.63, 3.8) is 0 Å². The van der Waals surface area contributed by atoms with E-state index in [-0.39, 0.29) is 17.8 Å². The number of H-pyrrole nitrogens is 1. The summed E-state index contributed by atoms with van der Waals surface area (Å²) >= 11 is 0. The molecule has 0 saturated carbocycles. The minimum atomic E-state index is -0.692. The highest BCUT2D eigenvalue weighted by molar-refractivity contribution is 5.99. The zero-order valence-corrected chi connectivity index (χ0v) is 11.4. The Balaban J connectivity index is 1.84. The number of hydrogen-bond donors (Lipinski definition) is 3. The molecule has 0 bridgehead atoms. The van der Waals surface area contributed by atoms with Crippen LogP contribution in [0.4, 0.5) is 5.95 Å². The summed E-state index contributed by atoms with van der Waals surface area (Å²) in [6.45, 7) is 1.58. The van der Waals surface area contributed by atoms with Crippen LogP contribution in [-0.4, -0.2) is 33.0 Å². The first-order valence-corrected chi connectivity index (χ1v) is 6.35. The van der Waals surface area contributed by atoms with Crippen LogP contribution in [0.1, 0.15) is 12.5 Å². The molecule has 2 rings (SSSR count). The lowest BCUT2D eigenvalue weighted by Crippen LogP contribution is -2.41. The van der Waals surface area contributed by atoms with Gasteiger partial charge in [-0.05, 0) is 18.6 Å². The van der Waals surface area contributed by atoms with Crippen LogP contribution in [0.5, 0.6) is 0 Å². The number of benzene rings is 1. The molecular weight excluding hydrogens is 270 g/mol. The lowest BCUT2D eigenvalue weighted by Gasteiger charge is -2.11. The van der Waals surface area contributed by atoms with E-state index in [1.165, 1.54) is 12.4 Å². The van der Waals surface area contributed by atoms with Gasteiger partial charge in [-0.25, -0.2) is 5.10 Å². The molecule has 1 unspecified atom stereocenters. The third-order valence-electron chi connectivity index (χ3n) is 2.64. The molecule has 0 spiro atoms. The van der Waals surface area contributed by atoms with Crippen molar-refractivity contribution in [3.05, 3.63) is 48.3 Å². The van der Waals surface area contributed by atoms with Crippen LogP contribution >= 0.6 is 0 Å². The number of rotatable bonds is 5. The van der Waals surface area contributed by atoms with Crippen molar-refractivity contribution in [2.75, 3.05) is 5.32 Å². The molecule has 0 fully saturated rings. The van der Waals surface area contributed by atoms with Crippen molar-refractivity contribution >= 4 is 23.8 Å². The van der Waals surface area contributed by atoms with Crippen molar-refractivity contribution in [2.24, 2.45) is 0 Å². The number of nitrogens with one attached hydrogen (secondary N) is 3. The van der Waals surface area contributed by atoms with Crippen LogP contribution in [0, 0.1) is 0 Å². The average molecular weight is 285 g/mol. The molecule has 0 saturated heterocycles. The fourth-order valence-corrected chi connectivity index (χ4v) is 1.55. The average Bonchev–Trinajstić information content (AvgIpc) is 2.99. The van der Waals surface area contributed by atoms with Crippen molar-refractivity contribution in [1.82, 2.24) is 20.5 Å². The number of aromatic nitrogens is 3. The van der Waals surface area contributed by atoms with Gasteiger partial charge in [-0.2, -0.15) is 10.1 Å². The highest BCUT2D eigenvalue weighted by Gasteiger charge is 2.15. The van der Waals surface area contributed by atoms with Crippen LogP contribution in [0.2, 0.25) is 0 Å². The molecule has 1 heterocycles. The summed E-state index contributed by atoms with van der Waals surface area (Å²) in [5.74, 6) is -0.492. The third kappa shape index (κ3) is 4.57. The van der Waals surface area contributed by atoms with Gasteiger partial charge in [0.15, 0.2) is 0 Å². The van der Waals surface area contributed by atoms with Gasteiger partial charge in [0, 0.05) is 6.08 Å². The summed E-state index contributed by atoms with van der Waals surface area (Å²) in [6.07, 6.45) is 4.34. The van der Waals surface area contributed by atoms with E-state index < -0.39 is 6.04 Å². The van der Waals surface area contributed by atoms with E-state index in [9.17, 15) is 9.59 Å². The van der Waals surface area contributed by atoms with Gasteiger partial charge in [-0.1, -0.05) is 30.3 Å². The zero-order valence-electron chi connectivity index (χ0n) is 11.4. The van der Waals surface area contributed by atoms with Crippen molar-refractivity contribution in [1.29, 1.82) is 0 Å². The predicted octanol–water partition coefficient (Wildman–Crippen LogP) is 0.961. The Morgan fingerprint density at radius 1 is 1.29 bits per heavy atom. The van der Waals surface area contributed by atoms with Crippen LogP contribution in [-0.2, 0) is 9.59 Å². The van der Waals surface area contributed by atoms with Crippen LogP contribution in [0.3, 0.4) is 0 Å². The maximum Gasteiger partial charge on any atom is 0.249 e. The smallest absolute Gasteiger partial charge is 0.249 e. The first kappa shape index (κ1) is 14.4. The molecule has 1 aromatic carbocycles. The molecule has 3 N–H and O–H groups in total. The van der Waals surface area contributed by atoms with Gasteiger partial charge in [0.25, 0.3) is 0 Å². The molecule has 21 heavy (non-hydrogen) atoms. The number of anilines is 1. The summed E-state index contributed by atoms with van der Waals surface area (Å²) in [5.41, 5.74) is 0.909. The van der Waals surface area contributed by atoms with Gasteiger partial charge in [-0.15, -0.1) is 0 Å². The Kier molecular flexibility index (Phi) is 4.81. The molecule has 0 radical (unpaired) electrons. The second-order valence-corrected chi connectivity index (χ2v) is 4.30. The topological polar surface area (TPSA) is 99.8 Å². The molecule has 7 nitrogen and oxygen atoms in total. The number of aromatic amines is 1. The van der Waals surface area contributed by atoms with Gasteiger partial charge in [0.05, 0.1) is 0 Å². The summed E-state index contributed by atoms with van der Waals surface area (Å²) in [6, 6.07) is 8.72. The quantitative estimate of drug-likeness (QED) is 0.712. The SMILES string of the molecule is CC(NC(=O)/C=C/c1ccccc1)C(=O)Nc1ncn[nH]1. The van der Waals surface area contributed by atoms with Crippen molar-refractivity contribution in [2.45, 2.75) is 13.0 Å². The molecule has 1 aromatic heterocycles. The van der Waals surface area contributed by atoms with Crippen LogP contribution < -0.4 is 10.6 Å². The van der Waals surface area contributed by atoms with E-state index in [1.807, 2.05) is 30.3 Å². The largest absolute Gasteiger partial charge is 0.341 e. The first-order valence-electron chi connectivity index (χ1n) is 6.35. The Bertz CT molecular complexity index is 622. The minimum absolute atomic E-state index is 0.237. The van der Waals surface area contributed by atoms with Gasteiger partial charge < -0.3 is 5.32 Å². The molecule has 2 amide bonds. The Morgan fingerprint density at radius 2 is 2.05 bits per heavy atom. The van der Waals surface area contributed by atoms with Gasteiger partial charge in [0.1, 0.15) is 12.4 Å². The molecule has 1 atom stereocenters. The predicted molar refractivity (Wildman–Crippen MR) is 78.1 cm³/mol. The van der Waals surface area contributed by atoms with Crippen LogP contribution in [0.25, 0.3) is 6.08 Å². The van der Waals surface area contributed by atoms with E-state index in [0.29, 0.717) is 0 Å². The molecule has 2 aromatic rings. The van der Waals surface area contributed by atoms with E-state index in [2.05, 4.69) is 25.8 Å². The lowest BCUT2D eigenvalue weighted by molar-refractivity contribution is -0.123. The highest BCUT2D eigenvalue weighted by atomic mass is 16.2. The van der Waals surface area contributed by atoms with Gasteiger partial charge >= 0.3 is 0 Å². The Morgan fingerprint density at radius 3 is 2.71 bits per heavy atom. The monoisotopic (exact) mass is 285 g/mol. The number of carbonyl (C=O) groups is 2. The maximum absolute atomic E-state index is 11.8. The van der Waals surface area contributed by atoms with E-state index in [1.54, 1.807) is 13.0 Å². The molecule has 0 aliphatic rings. The summed E-state index contributed by atoms with van der Waals surface area (Å²) in [5, 5.41) is 11.2. The standard InChI is InChI=1S/C14H15N5O2/c1-10(13(21)18-14-15-9-16-19-14)17-12(20)8-7-11-5-3-2-4-6-11/h2-10H,1H3,(H,17,20)(H2,15,16,18,19,21)/b8-7+. The summed E-state index contributed by atoms with van der Waals surface area (Å²) < 4.78 is 0. The van der Waals surface area contributed by atoms with Gasteiger partial charge in [-0.3, -0.25) is 14.9 Å². The molecule has 0 aliphatic carbocycles. The van der Waals surface area contributed by atoms with Gasteiger partial charge in [0.2, 0.25) is 17.8 Å². The maximum atomic E-state index is 11.8.